The van der Waals surface area contributed by atoms with E-state index in [2.05, 4.69) is 5.32 Å². The molecule has 20 heavy (non-hydrogen) atoms. The molecule has 2 atom stereocenters. The molecule has 1 aromatic carbocycles. The summed E-state index contributed by atoms with van der Waals surface area (Å²) in [6.45, 7) is 0.325. The number of hydrogen-bond acceptors (Lipinski definition) is 5. The number of benzene rings is 1. The zero-order valence-corrected chi connectivity index (χ0v) is 10.8. The third-order valence-corrected chi connectivity index (χ3v) is 3.43. The molecular weight excluding hydrogens is 266 g/mol. The van der Waals surface area contributed by atoms with Crippen molar-refractivity contribution >= 4 is 11.9 Å². The third-order valence-electron chi connectivity index (χ3n) is 3.43. The first-order chi connectivity index (χ1) is 9.43. The molecule has 2 rings (SSSR count). The van der Waals surface area contributed by atoms with Crippen molar-refractivity contribution in [2.45, 2.75) is 12.5 Å². The largest absolute Gasteiger partial charge is 0.504 e. The van der Waals surface area contributed by atoms with Gasteiger partial charge < -0.3 is 25.4 Å². The molecule has 108 valence electrons. The van der Waals surface area contributed by atoms with Crippen LogP contribution in [-0.4, -0.2) is 40.9 Å². The van der Waals surface area contributed by atoms with Crippen molar-refractivity contribution in [1.29, 1.82) is 0 Å². The van der Waals surface area contributed by atoms with E-state index in [0.717, 1.165) is 0 Å². The number of carbonyl (C=O) groups is 2. The summed E-state index contributed by atoms with van der Waals surface area (Å²) in [6.07, 6.45) is 0.363. The summed E-state index contributed by atoms with van der Waals surface area (Å²) >= 11 is 0. The Bertz CT molecular complexity index is 556. The monoisotopic (exact) mass is 281 g/mol. The van der Waals surface area contributed by atoms with Gasteiger partial charge in [0.25, 0.3) is 0 Å². The highest BCUT2D eigenvalue weighted by Gasteiger charge is 2.31. The lowest BCUT2D eigenvalue weighted by Gasteiger charge is -2.14. The van der Waals surface area contributed by atoms with Gasteiger partial charge in [0, 0.05) is 12.6 Å². The third kappa shape index (κ3) is 2.53. The summed E-state index contributed by atoms with van der Waals surface area (Å²) in [5, 5.41) is 30.8. The highest BCUT2D eigenvalue weighted by Crippen LogP contribution is 2.36. The zero-order valence-electron chi connectivity index (χ0n) is 10.8. The Kier molecular flexibility index (Phi) is 3.80. The summed E-state index contributed by atoms with van der Waals surface area (Å²) in [7, 11) is 1.33. The minimum atomic E-state index is -1.27. The summed E-state index contributed by atoms with van der Waals surface area (Å²) in [5.74, 6) is -3.04. The first-order valence-corrected chi connectivity index (χ1v) is 6.04. The molecule has 1 aromatic rings. The van der Waals surface area contributed by atoms with Crippen molar-refractivity contribution in [1.82, 2.24) is 5.32 Å². The van der Waals surface area contributed by atoms with Crippen LogP contribution >= 0.6 is 0 Å². The molecule has 1 saturated heterocycles. The van der Waals surface area contributed by atoms with Crippen LogP contribution in [0.5, 0.6) is 11.5 Å². The molecule has 1 aliphatic heterocycles. The molecule has 4 N–H and O–H groups in total. The second kappa shape index (κ2) is 5.38. The molecule has 0 spiro atoms. The van der Waals surface area contributed by atoms with Gasteiger partial charge in [-0.3, -0.25) is 4.79 Å². The fourth-order valence-electron chi connectivity index (χ4n) is 2.33. The van der Waals surface area contributed by atoms with E-state index in [4.69, 9.17) is 14.9 Å². The van der Waals surface area contributed by atoms with Gasteiger partial charge in [0.05, 0.1) is 13.0 Å². The van der Waals surface area contributed by atoms with Crippen molar-refractivity contribution in [2.75, 3.05) is 13.7 Å². The van der Waals surface area contributed by atoms with Gasteiger partial charge in [0.2, 0.25) is 0 Å². The quantitative estimate of drug-likeness (QED) is 0.646. The number of aromatic hydroxyl groups is 1. The van der Waals surface area contributed by atoms with Gasteiger partial charge in [0.15, 0.2) is 11.5 Å². The van der Waals surface area contributed by atoms with Gasteiger partial charge in [-0.2, -0.15) is 0 Å². The maximum atomic E-state index is 11.1. The number of aliphatic carboxylic acids is 1. The van der Waals surface area contributed by atoms with E-state index in [1.165, 1.54) is 19.2 Å². The van der Waals surface area contributed by atoms with Crippen LogP contribution in [0.2, 0.25) is 0 Å². The summed E-state index contributed by atoms with van der Waals surface area (Å²) in [4.78, 5) is 22.0. The second-order valence-corrected chi connectivity index (χ2v) is 4.66. The average Bonchev–Trinajstić information content (AvgIpc) is 2.88. The molecule has 1 aliphatic rings. The molecule has 1 fully saturated rings. The lowest BCUT2D eigenvalue weighted by molar-refractivity contribution is -0.141. The number of carboxylic acid groups (broad SMARTS) is 2. The number of carboxylic acids is 2. The van der Waals surface area contributed by atoms with Crippen molar-refractivity contribution in [3.8, 4) is 11.5 Å². The normalized spacial score (nSPS) is 21.6. The van der Waals surface area contributed by atoms with Gasteiger partial charge in [-0.15, -0.1) is 0 Å². The topological polar surface area (TPSA) is 116 Å². The summed E-state index contributed by atoms with van der Waals surface area (Å²) in [6, 6.07) is 2.58. The molecule has 2 unspecified atom stereocenters. The predicted molar refractivity (Wildman–Crippen MR) is 68.1 cm³/mol. The first kappa shape index (κ1) is 14.1. The number of rotatable bonds is 4. The average molecular weight is 281 g/mol. The fourth-order valence-corrected chi connectivity index (χ4v) is 2.33. The predicted octanol–water partition coefficient (Wildman–Crippen LogP) is 0.834. The molecule has 7 nitrogen and oxygen atoms in total. The van der Waals surface area contributed by atoms with Crippen LogP contribution in [0.15, 0.2) is 12.1 Å². The van der Waals surface area contributed by atoms with E-state index in [0.29, 0.717) is 18.5 Å². The standard InChI is InChI=1S/C13H15NO6/c1-20-10-4-6(2-8(11(10)15)13(18)19)9-3-7(5-14-9)12(16)17/h2,4,7,9,14-15H,3,5H2,1H3,(H,16,17)(H,18,19). The summed E-state index contributed by atoms with van der Waals surface area (Å²) in [5.41, 5.74) is 0.320. The van der Waals surface area contributed by atoms with Crippen molar-refractivity contribution in [2.24, 2.45) is 5.92 Å². The molecule has 0 aromatic heterocycles. The van der Waals surface area contributed by atoms with Crippen molar-refractivity contribution in [3.63, 3.8) is 0 Å². The number of methoxy groups -OCH3 is 1. The Morgan fingerprint density at radius 3 is 2.55 bits per heavy atom. The smallest absolute Gasteiger partial charge is 0.339 e. The Hall–Kier alpha value is -2.28. The Morgan fingerprint density at radius 2 is 2.05 bits per heavy atom. The first-order valence-electron chi connectivity index (χ1n) is 6.04. The fraction of sp³-hybridized carbons (Fsp3) is 0.385. The SMILES string of the molecule is COc1cc(C2CC(C(=O)O)CN2)cc(C(=O)O)c1O. The van der Waals surface area contributed by atoms with Gasteiger partial charge in [-0.25, -0.2) is 4.79 Å². The van der Waals surface area contributed by atoms with Crippen LogP contribution in [0.25, 0.3) is 0 Å². The molecule has 0 amide bonds. The van der Waals surface area contributed by atoms with Gasteiger partial charge in [-0.05, 0) is 24.1 Å². The second-order valence-electron chi connectivity index (χ2n) is 4.66. The van der Waals surface area contributed by atoms with Gasteiger partial charge >= 0.3 is 11.9 Å². The summed E-state index contributed by atoms with van der Waals surface area (Å²) < 4.78 is 4.95. The van der Waals surface area contributed by atoms with Crippen LogP contribution in [0.1, 0.15) is 28.4 Å². The van der Waals surface area contributed by atoms with Crippen LogP contribution in [0.3, 0.4) is 0 Å². The number of phenols is 1. The Balaban J connectivity index is 2.35. The lowest BCUT2D eigenvalue weighted by atomic mass is 9.97. The molecule has 0 saturated carbocycles. The zero-order chi connectivity index (χ0) is 14.9. The molecule has 0 bridgehead atoms. The van der Waals surface area contributed by atoms with E-state index < -0.39 is 23.6 Å². The number of hydrogen-bond donors (Lipinski definition) is 4. The van der Waals surface area contributed by atoms with E-state index in [1.807, 2.05) is 0 Å². The molecular formula is C13H15NO6. The number of ether oxygens (including phenoxy) is 1. The molecule has 1 heterocycles. The maximum Gasteiger partial charge on any atom is 0.339 e. The Labute approximate surface area is 114 Å². The number of nitrogens with one attached hydrogen (secondary N) is 1. The van der Waals surface area contributed by atoms with E-state index in [1.54, 1.807) is 0 Å². The van der Waals surface area contributed by atoms with E-state index in [9.17, 15) is 14.7 Å². The van der Waals surface area contributed by atoms with Gasteiger partial charge in [-0.1, -0.05) is 0 Å². The highest BCUT2D eigenvalue weighted by molar-refractivity contribution is 5.92. The van der Waals surface area contributed by atoms with Gasteiger partial charge in [0.1, 0.15) is 5.56 Å². The number of aromatic carboxylic acids is 1. The van der Waals surface area contributed by atoms with Crippen molar-refractivity contribution in [3.05, 3.63) is 23.3 Å². The minimum absolute atomic E-state index is 0.0560. The molecule has 7 heteroatoms. The van der Waals surface area contributed by atoms with Crippen LogP contribution < -0.4 is 10.1 Å². The van der Waals surface area contributed by atoms with Crippen LogP contribution in [0, 0.1) is 5.92 Å². The lowest BCUT2D eigenvalue weighted by Crippen LogP contribution is -2.17. The van der Waals surface area contributed by atoms with Crippen molar-refractivity contribution < 1.29 is 29.6 Å². The van der Waals surface area contributed by atoms with E-state index in [-0.39, 0.29) is 17.4 Å². The van der Waals surface area contributed by atoms with E-state index >= 15 is 0 Å². The van der Waals surface area contributed by atoms with Crippen LogP contribution in [0.4, 0.5) is 0 Å². The van der Waals surface area contributed by atoms with Crippen LogP contribution in [-0.2, 0) is 4.79 Å². The minimum Gasteiger partial charge on any atom is -0.504 e. The maximum absolute atomic E-state index is 11.1. The Morgan fingerprint density at radius 1 is 1.35 bits per heavy atom. The molecule has 0 aliphatic carbocycles. The molecule has 0 radical (unpaired) electrons. The highest BCUT2D eigenvalue weighted by atomic mass is 16.5.